The standard InChI is InChI=1S/C8H12N2OS/c1-9-7(11)6-4-2-3-5-10(6)8(9)12/h11H,2-5H2,1H3. The third kappa shape index (κ3) is 0.909. The zero-order valence-electron chi connectivity index (χ0n) is 7.08. The lowest BCUT2D eigenvalue weighted by Crippen LogP contribution is -2.09. The van der Waals surface area contributed by atoms with Crippen LogP contribution in [0, 0.1) is 4.77 Å². The molecule has 3 nitrogen and oxygen atoms in total. The van der Waals surface area contributed by atoms with Crippen molar-refractivity contribution in [1.29, 1.82) is 0 Å². The van der Waals surface area contributed by atoms with Gasteiger partial charge in [-0.2, -0.15) is 0 Å². The molecule has 0 radical (unpaired) electrons. The molecule has 0 atom stereocenters. The topological polar surface area (TPSA) is 30.1 Å². The van der Waals surface area contributed by atoms with E-state index in [1.54, 1.807) is 4.57 Å². The fourth-order valence-electron chi connectivity index (χ4n) is 1.74. The zero-order valence-corrected chi connectivity index (χ0v) is 7.89. The maximum absolute atomic E-state index is 9.64. The summed E-state index contributed by atoms with van der Waals surface area (Å²) in [5.74, 6) is 0.347. The molecule has 1 aliphatic heterocycles. The van der Waals surface area contributed by atoms with Crippen LogP contribution in [-0.2, 0) is 20.0 Å². The molecule has 1 N–H and O–H groups in total. The molecule has 0 spiro atoms. The normalized spacial score (nSPS) is 16.1. The van der Waals surface area contributed by atoms with Gasteiger partial charge in [-0.1, -0.05) is 0 Å². The summed E-state index contributed by atoms with van der Waals surface area (Å²) < 4.78 is 4.45. The lowest BCUT2D eigenvalue weighted by Gasteiger charge is -2.12. The number of fused-ring (bicyclic) bond motifs is 1. The second kappa shape index (κ2) is 2.62. The van der Waals surface area contributed by atoms with E-state index in [0.717, 1.165) is 29.9 Å². The highest BCUT2D eigenvalue weighted by molar-refractivity contribution is 7.71. The monoisotopic (exact) mass is 184 g/mol. The first-order valence-corrected chi connectivity index (χ1v) is 4.60. The minimum atomic E-state index is 0.347. The number of hydrogen-bond acceptors (Lipinski definition) is 2. The van der Waals surface area contributed by atoms with Crippen LogP contribution in [-0.4, -0.2) is 14.2 Å². The Morgan fingerprint density at radius 3 is 2.83 bits per heavy atom. The number of nitrogens with zero attached hydrogens (tertiary/aromatic N) is 2. The number of hydrogen-bond donors (Lipinski definition) is 1. The maximum Gasteiger partial charge on any atom is 0.213 e. The summed E-state index contributed by atoms with van der Waals surface area (Å²) in [6, 6.07) is 0. The van der Waals surface area contributed by atoms with Crippen molar-refractivity contribution in [3.8, 4) is 5.88 Å². The van der Waals surface area contributed by atoms with E-state index >= 15 is 0 Å². The Morgan fingerprint density at radius 2 is 2.17 bits per heavy atom. The molecule has 0 bridgehead atoms. The summed E-state index contributed by atoms with van der Waals surface area (Å²) in [4.78, 5) is 0. The summed E-state index contributed by atoms with van der Waals surface area (Å²) in [7, 11) is 1.81. The van der Waals surface area contributed by atoms with Crippen molar-refractivity contribution in [2.75, 3.05) is 0 Å². The maximum atomic E-state index is 9.64. The molecule has 0 fully saturated rings. The van der Waals surface area contributed by atoms with E-state index in [1.165, 1.54) is 6.42 Å². The van der Waals surface area contributed by atoms with Gasteiger partial charge < -0.3 is 9.67 Å². The summed E-state index contributed by atoms with van der Waals surface area (Å²) in [5, 5.41) is 9.64. The molecule has 12 heavy (non-hydrogen) atoms. The fraction of sp³-hybridized carbons (Fsp3) is 0.625. The van der Waals surface area contributed by atoms with Crippen LogP contribution in [0.2, 0.25) is 0 Å². The molecule has 0 aliphatic carbocycles. The quantitative estimate of drug-likeness (QED) is 0.621. The van der Waals surface area contributed by atoms with E-state index in [9.17, 15) is 5.11 Å². The van der Waals surface area contributed by atoms with Crippen LogP contribution >= 0.6 is 12.2 Å². The SMILES string of the molecule is Cn1c(O)c2n(c1=S)CCCC2. The fourth-order valence-corrected chi connectivity index (χ4v) is 2.03. The second-order valence-electron chi connectivity index (χ2n) is 3.22. The average molecular weight is 184 g/mol. The Hall–Kier alpha value is -0.770. The van der Waals surface area contributed by atoms with Gasteiger partial charge >= 0.3 is 0 Å². The number of imidazole rings is 1. The van der Waals surface area contributed by atoms with Gasteiger partial charge in [-0.25, -0.2) is 0 Å². The summed E-state index contributed by atoms with van der Waals surface area (Å²) in [6.07, 6.45) is 3.29. The third-order valence-corrected chi connectivity index (χ3v) is 2.96. The van der Waals surface area contributed by atoms with E-state index in [2.05, 4.69) is 0 Å². The van der Waals surface area contributed by atoms with Crippen LogP contribution in [0.25, 0.3) is 0 Å². The van der Waals surface area contributed by atoms with Crippen molar-refractivity contribution in [3.63, 3.8) is 0 Å². The molecule has 4 heteroatoms. The Labute approximate surface area is 76.3 Å². The van der Waals surface area contributed by atoms with E-state index in [-0.39, 0.29) is 0 Å². The highest BCUT2D eigenvalue weighted by atomic mass is 32.1. The number of aromatic hydroxyl groups is 1. The lowest BCUT2D eigenvalue weighted by molar-refractivity contribution is 0.418. The van der Waals surface area contributed by atoms with Crippen molar-refractivity contribution in [3.05, 3.63) is 10.5 Å². The summed E-state index contributed by atoms with van der Waals surface area (Å²) in [6.45, 7) is 0.961. The van der Waals surface area contributed by atoms with Crippen LogP contribution in [0.4, 0.5) is 0 Å². The van der Waals surface area contributed by atoms with Gasteiger partial charge in [0.25, 0.3) is 0 Å². The third-order valence-electron chi connectivity index (χ3n) is 2.46. The molecule has 1 aromatic heterocycles. The molecule has 1 aliphatic rings. The van der Waals surface area contributed by atoms with Crippen molar-refractivity contribution in [2.24, 2.45) is 7.05 Å². The molecule has 0 unspecified atom stereocenters. The van der Waals surface area contributed by atoms with E-state index in [1.807, 2.05) is 11.6 Å². The van der Waals surface area contributed by atoms with Crippen LogP contribution in [0.15, 0.2) is 0 Å². The first kappa shape index (κ1) is 7.86. The van der Waals surface area contributed by atoms with Gasteiger partial charge in [-0.05, 0) is 31.5 Å². The smallest absolute Gasteiger partial charge is 0.213 e. The molecule has 1 aromatic rings. The minimum absolute atomic E-state index is 0.347. The first-order valence-electron chi connectivity index (χ1n) is 4.19. The Balaban J connectivity index is 2.68. The van der Waals surface area contributed by atoms with Crippen LogP contribution in [0.5, 0.6) is 5.88 Å². The van der Waals surface area contributed by atoms with E-state index in [4.69, 9.17) is 12.2 Å². The summed E-state index contributed by atoms with van der Waals surface area (Å²) in [5.41, 5.74) is 1.01. The second-order valence-corrected chi connectivity index (χ2v) is 3.59. The van der Waals surface area contributed by atoms with Crippen molar-refractivity contribution in [2.45, 2.75) is 25.8 Å². The number of aromatic nitrogens is 2. The van der Waals surface area contributed by atoms with Crippen molar-refractivity contribution >= 4 is 12.2 Å². The van der Waals surface area contributed by atoms with Gasteiger partial charge in [0.15, 0.2) is 4.77 Å². The Morgan fingerprint density at radius 1 is 1.42 bits per heavy atom. The van der Waals surface area contributed by atoms with Gasteiger partial charge in [0.05, 0.1) is 5.69 Å². The molecular weight excluding hydrogens is 172 g/mol. The van der Waals surface area contributed by atoms with Crippen LogP contribution in [0.1, 0.15) is 18.5 Å². The van der Waals surface area contributed by atoms with Crippen LogP contribution in [0.3, 0.4) is 0 Å². The molecule has 0 aromatic carbocycles. The largest absolute Gasteiger partial charge is 0.493 e. The lowest BCUT2D eigenvalue weighted by atomic mass is 10.1. The first-order chi connectivity index (χ1) is 5.72. The van der Waals surface area contributed by atoms with Crippen LogP contribution < -0.4 is 0 Å². The molecule has 0 amide bonds. The average Bonchev–Trinajstić information content (AvgIpc) is 2.33. The van der Waals surface area contributed by atoms with Gasteiger partial charge in [-0.15, -0.1) is 0 Å². The zero-order chi connectivity index (χ0) is 8.72. The molecule has 2 heterocycles. The van der Waals surface area contributed by atoms with E-state index in [0.29, 0.717) is 5.88 Å². The summed E-state index contributed by atoms with van der Waals surface area (Å²) >= 11 is 5.17. The highest BCUT2D eigenvalue weighted by Crippen LogP contribution is 2.25. The molecule has 0 saturated carbocycles. The van der Waals surface area contributed by atoms with E-state index < -0.39 is 0 Å². The molecule has 2 rings (SSSR count). The molecule has 0 saturated heterocycles. The molecular formula is C8H12N2OS. The van der Waals surface area contributed by atoms with Gasteiger partial charge in [-0.3, -0.25) is 4.57 Å². The number of rotatable bonds is 0. The predicted molar refractivity (Wildman–Crippen MR) is 48.8 cm³/mol. The highest BCUT2D eigenvalue weighted by Gasteiger charge is 2.17. The van der Waals surface area contributed by atoms with Crippen molar-refractivity contribution in [1.82, 2.24) is 9.13 Å². The predicted octanol–water partition coefficient (Wildman–Crippen LogP) is 1.60. The van der Waals surface area contributed by atoms with Gasteiger partial charge in [0.2, 0.25) is 5.88 Å². The van der Waals surface area contributed by atoms with Gasteiger partial charge in [0, 0.05) is 13.6 Å². The minimum Gasteiger partial charge on any atom is -0.493 e. The Kier molecular flexibility index (Phi) is 1.72. The Bertz CT molecular complexity index is 364. The van der Waals surface area contributed by atoms with Crippen molar-refractivity contribution < 1.29 is 5.11 Å². The van der Waals surface area contributed by atoms with Gasteiger partial charge in [0.1, 0.15) is 0 Å². The molecule has 66 valence electrons.